The van der Waals surface area contributed by atoms with Gasteiger partial charge in [0.1, 0.15) is 0 Å². The van der Waals surface area contributed by atoms with Crippen LogP contribution in [0.4, 0.5) is 4.79 Å². The van der Waals surface area contributed by atoms with Crippen molar-refractivity contribution in [2.45, 2.75) is 0 Å². The third kappa shape index (κ3) is 3.79. The van der Waals surface area contributed by atoms with Crippen molar-refractivity contribution < 1.29 is 19.0 Å². The number of thioether (sulfide) groups is 1. The second-order valence-corrected chi connectivity index (χ2v) is 4.90. The summed E-state index contributed by atoms with van der Waals surface area (Å²) >= 11 is 1.03. The number of carbonyl (C=O) groups excluding carboxylic acids is 1. The summed E-state index contributed by atoms with van der Waals surface area (Å²) in [6, 6.07) is 9.42. The van der Waals surface area contributed by atoms with Gasteiger partial charge in [-0.25, -0.2) is 4.79 Å². The summed E-state index contributed by atoms with van der Waals surface area (Å²) in [6.07, 6.45) is 0. The van der Waals surface area contributed by atoms with Gasteiger partial charge in [-0.2, -0.15) is 0 Å². The highest BCUT2D eigenvalue weighted by atomic mass is 32.2. The smallest absolute Gasteiger partial charge is 0.367 e. The van der Waals surface area contributed by atoms with Gasteiger partial charge >= 0.3 is 5.30 Å². The van der Waals surface area contributed by atoms with Crippen LogP contribution in [0, 0.1) is 0 Å². The topological polar surface area (TPSA) is 70.8 Å². The van der Waals surface area contributed by atoms with E-state index in [4.69, 9.17) is 19.9 Å². The minimum absolute atomic E-state index is 0.000345. The largest absolute Gasteiger partial charge is 0.449 e. The van der Waals surface area contributed by atoms with Gasteiger partial charge < -0.3 is 19.9 Å². The second-order valence-electron chi connectivity index (χ2n) is 3.87. The number of carbonyl (C=O) groups is 1. The summed E-state index contributed by atoms with van der Waals surface area (Å²) < 4.78 is 15.8. The van der Waals surface area contributed by atoms with Crippen LogP contribution in [0.3, 0.4) is 0 Å². The van der Waals surface area contributed by atoms with E-state index in [1.54, 1.807) is 0 Å². The lowest BCUT2D eigenvalue weighted by Crippen LogP contribution is -2.08. The Balaban J connectivity index is 2.03. The van der Waals surface area contributed by atoms with E-state index in [1.165, 1.54) is 0 Å². The van der Waals surface area contributed by atoms with Crippen LogP contribution in [-0.4, -0.2) is 24.2 Å². The van der Waals surface area contributed by atoms with Crippen molar-refractivity contribution in [2.75, 3.05) is 18.9 Å². The maximum atomic E-state index is 11.4. The molecule has 1 aliphatic rings. The molecule has 0 radical (unpaired) electrons. The van der Waals surface area contributed by atoms with Gasteiger partial charge in [-0.1, -0.05) is 30.3 Å². The number of rotatable bonds is 5. The average molecular weight is 293 g/mol. The van der Waals surface area contributed by atoms with Crippen LogP contribution in [0.2, 0.25) is 0 Å². The molecule has 5 nitrogen and oxygen atoms in total. The van der Waals surface area contributed by atoms with Gasteiger partial charge in [-0.05, 0) is 18.3 Å². The molecular formula is C14H15NO4S. The molecule has 0 fully saturated rings. The van der Waals surface area contributed by atoms with E-state index in [-0.39, 0.29) is 12.6 Å². The summed E-state index contributed by atoms with van der Waals surface area (Å²) in [6.45, 7) is 4.03. The Morgan fingerprint density at radius 1 is 1.30 bits per heavy atom. The maximum absolute atomic E-state index is 11.4. The van der Waals surface area contributed by atoms with Crippen molar-refractivity contribution in [1.82, 2.24) is 0 Å². The van der Waals surface area contributed by atoms with Crippen LogP contribution < -0.4 is 5.73 Å². The molecule has 0 atom stereocenters. The predicted octanol–water partition coefficient (Wildman–Crippen LogP) is 2.70. The molecule has 0 saturated carbocycles. The van der Waals surface area contributed by atoms with Crippen molar-refractivity contribution >= 4 is 22.8 Å². The molecule has 1 heterocycles. The molecule has 0 unspecified atom stereocenters. The van der Waals surface area contributed by atoms with E-state index < -0.39 is 5.30 Å². The van der Waals surface area contributed by atoms with Gasteiger partial charge in [-0.15, -0.1) is 0 Å². The van der Waals surface area contributed by atoms with Gasteiger partial charge in [0.05, 0.1) is 0 Å². The van der Waals surface area contributed by atoms with E-state index in [0.29, 0.717) is 23.8 Å². The fraction of sp³-hybridized carbons (Fsp3) is 0.214. The molecule has 2 rings (SSSR count). The quantitative estimate of drug-likeness (QED) is 0.842. The molecule has 106 valence electrons. The lowest BCUT2D eigenvalue weighted by molar-refractivity contribution is 0.146. The number of ether oxygens (including phenoxy) is 3. The Kier molecular flexibility index (Phi) is 5.09. The normalized spacial score (nSPS) is 13.9. The molecule has 0 aromatic heterocycles. The molecular weight excluding hydrogens is 278 g/mol. The monoisotopic (exact) mass is 293 g/mol. The van der Waals surface area contributed by atoms with Gasteiger partial charge in [0, 0.05) is 17.9 Å². The molecule has 2 N–H and O–H groups in total. The van der Waals surface area contributed by atoms with Crippen LogP contribution in [0.15, 0.2) is 48.6 Å². The van der Waals surface area contributed by atoms with E-state index in [1.807, 2.05) is 30.3 Å². The second kappa shape index (κ2) is 7.02. The van der Waals surface area contributed by atoms with Crippen LogP contribution in [-0.2, 0) is 14.2 Å². The van der Waals surface area contributed by atoms with Crippen molar-refractivity contribution in [3.05, 3.63) is 54.2 Å². The molecule has 20 heavy (non-hydrogen) atoms. The molecule has 0 aliphatic carbocycles. The van der Waals surface area contributed by atoms with Crippen molar-refractivity contribution in [3.8, 4) is 0 Å². The molecule has 1 aliphatic heterocycles. The predicted molar refractivity (Wildman–Crippen MR) is 77.5 cm³/mol. The first-order valence-electron chi connectivity index (χ1n) is 6.03. The van der Waals surface area contributed by atoms with Crippen LogP contribution in [0.5, 0.6) is 0 Å². The fourth-order valence-corrected chi connectivity index (χ4v) is 2.01. The standard InChI is InChI=1S/C14H15NO4S/c1-10-18-12(9-17-14(16)20-8-7-15)13(19-10)11-5-3-2-4-6-11/h2-6H,1,7-9,15H2. The first-order chi connectivity index (χ1) is 9.70. The lowest BCUT2D eigenvalue weighted by atomic mass is 10.2. The number of nitrogens with two attached hydrogens (primary N) is 1. The van der Waals surface area contributed by atoms with Crippen molar-refractivity contribution in [3.63, 3.8) is 0 Å². The Labute approximate surface area is 121 Å². The maximum Gasteiger partial charge on any atom is 0.367 e. The zero-order chi connectivity index (χ0) is 14.4. The van der Waals surface area contributed by atoms with Crippen molar-refractivity contribution in [2.24, 2.45) is 5.73 Å². The molecule has 0 saturated heterocycles. The van der Waals surface area contributed by atoms with Crippen molar-refractivity contribution in [1.29, 1.82) is 0 Å². The minimum Gasteiger partial charge on any atom is -0.449 e. The highest BCUT2D eigenvalue weighted by molar-refractivity contribution is 8.13. The number of hydrogen-bond donors (Lipinski definition) is 1. The van der Waals surface area contributed by atoms with Crippen LogP contribution >= 0.6 is 11.8 Å². The Morgan fingerprint density at radius 3 is 2.75 bits per heavy atom. The molecule has 6 heteroatoms. The van der Waals surface area contributed by atoms with Gasteiger partial charge in [0.15, 0.2) is 18.1 Å². The Morgan fingerprint density at radius 2 is 2.05 bits per heavy atom. The van der Waals surface area contributed by atoms with E-state index in [9.17, 15) is 4.79 Å². The summed E-state index contributed by atoms with van der Waals surface area (Å²) in [7, 11) is 0. The van der Waals surface area contributed by atoms with Gasteiger partial charge in [-0.3, -0.25) is 0 Å². The highest BCUT2D eigenvalue weighted by Gasteiger charge is 2.24. The zero-order valence-electron chi connectivity index (χ0n) is 10.8. The average Bonchev–Trinajstić information content (AvgIpc) is 2.85. The SMILES string of the molecule is C=C1OC(COC(=O)SCCN)=C(c2ccccc2)O1. The summed E-state index contributed by atoms with van der Waals surface area (Å²) in [4.78, 5) is 11.4. The molecule has 1 aromatic rings. The molecule has 0 spiro atoms. The first-order valence-corrected chi connectivity index (χ1v) is 7.02. The number of benzene rings is 1. The summed E-state index contributed by atoms with van der Waals surface area (Å²) in [5, 5.41) is -0.392. The summed E-state index contributed by atoms with van der Waals surface area (Å²) in [5.41, 5.74) is 6.16. The molecule has 1 aromatic carbocycles. The molecule has 0 bridgehead atoms. The van der Waals surface area contributed by atoms with E-state index in [0.717, 1.165) is 17.3 Å². The van der Waals surface area contributed by atoms with E-state index in [2.05, 4.69) is 6.58 Å². The number of hydrogen-bond acceptors (Lipinski definition) is 6. The van der Waals surface area contributed by atoms with Crippen LogP contribution in [0.25, 0.3) is 5.76 Å². The van der Waals surface area contributed by atoms with E-state index >= 15 is 0 Å². The summed E-state index contributed by atoms with van der Waals surface area (Å²) in [5.74, 6) is 1.65. The lowest BCUT2D eigenvalue weighted by Gasteiger charge is -2.05. The highest BCUT2D eigenvalue weighted by Crippen LogP contribution is 2.31. The molecule has 0 amide bonds. The Bertz CT molecular complexity index is 527. The fourth-order valence-electron chi connectivity index (χ4n) is 1.59. The minimum atomic E-state index is -0.392. The third-order valence-electron chi connectivity index (χ3n) is 2.40. The first kappa shape index (κ1) is 14.5. The van der Waals surface area contributed by atoms with Gasteiger partial charge in [0.2, 0.25) is 0 Å². The van der Waals surface area contributed by atoms with Gasteiger partial charge in [0.25, 0.3) is 5.95 Å². The Hall–Kier alpha value is -1.92. The third-order valence-corrected chi connectivity index (χ3v) is 3.19. The zero-order valence-corrected chi connectivity index (χ0v) is 11.7. The van der Waals surface area contributed by atoms with Crippen LogP contribution in [0.1, 0.15) is 5.56 Å².